The highest BCUT2D eigenvalue weighted by molar-refractivity contribution is 14.0. The highest BCUT2D eigenvalue weighted by Gasteiger charge is 2.32. The Morgan fingerprint density at radius 3 is 2.46 bits per heavy atom. The Morgan fingerprint density at radius 1 is 1.27 bits per heavy atom. The number of halogens is 1. The van der Waals surface area contributed by atoms with Gasteiger partial charge in [0.05, 0.1) is 12.6 Å². The maximum absolute atomic E-state index is 5.51. The van der Waals surface area contributed by atoms with Crippen LogP contribution in [0.3, 0.4) is 0 Å². The maximum atomic E-state index is 5.51. The number of guanidine groups is 1. The van der Waals surface area contributed by atoms with Gasteiger partial charge in [-0.2, -0.15) is 11.8 Å². The molecule has 0 bridgehead atoms. The van der Waals surface area contributed by atoms with Crippen molar-refractivity contribution < 1.29 is 4.74 Å². The number of thioether (sulfide) groups is 1. The second kappa shape index (κ2) is 10.7. The van der Waals surface area contributed by atoms with E-state index in [9.17, 15) is 0 Å². The summed E-state index contributed by atoms with van der Waals surface area (Å²) in [5.74, 6) is 2.25. The van der Waals surface area contributed by atoms with Crippen LogP contribution in [0.15, 0.2) is 4.99 Å². The average Bonchev–Trinajstić information content (AvgIpc) is 2.57. The van der Waals surface area contributed by atoms with Gasteiger partial charge in [-0.15, -0.1) is 24.0 Å². The lowest BCUT2D eigenvalue weighted by molar-refractivity contribution is 0.00903. The molecule has 2 heterocycles. The summed E-state index contributed by atoms with van der Waals surface area (Å²) < 4.78 is 5.81. The number of nitrogens with one attached hydrogen (secondary N) is 1. The SMILES string of the molecule is CCNC(=NCC(C)(C)N1CCC(OC)CC1)N1CCSC(C)(C)C1.I. The summed E-state index contributed by atoms with van der Waals surface area (Å²) in [5, 5.41) is 3.51. The maximum Gasteiger partial charge on any atom is 0.194 e. The quantitative estimate of drug-likeness (QED) is 0.358. The van der Waals surface area contributed by atoms with Crippen LogP contribution in [0.1, 0.15) is 47.5 Å². The molecule has 7 heteroatoms. The third kappa shape index (κ3) is 7.02. The minimum atomic E-state index is 0. The van der Waals surface area contributed by atoms with E-state index in [0.717, 1.165) is 58.1 Å². The van der Waals surface area contributed by atoms with E-state index >= 15 is 0 Å². The van der Waals surface area contributed by atoms with Crippen molar-refractivity contribution in [1.82, 2.24) is 15.1 Å². The number of ether oxygens (including phenoxy) is 1. The van der Waals surface area contributed by atoms with Gasteiger partial charge < -0.3 is 15.0 Å². The number of hydrogen-bond acceptors (Lipinski definition) is 4. The summed E-state index contributed by atoms with van der Waals surface area (Å²) in [6.07, 6.45) is 2.68. The lowest BCUT2D eigenvalue weighted by Gasteiger charge is -2.43. The molecule has 2 rings (SSSR count). The van der Waals surface area contributed by atoms with Crippen molar-refractivity contribution in [3.63, 3.8) is 0 Å². The molecule has 2 aliphatic heterocycles. The van der Waals surface area contributed by atoms with Crippen molar-refractivity contribution in [2.45, 2.75) is 63.9 Å². The molecule has 0 aromatic heterocycles. The molecular formula is C19H39IN4OS. The number of nitrogens with zero attached hydrogens (tertiary/aromatic N) is 3. The number of methoxy groups -OCH3 is 1. The van der Waals surface area contributed by atoms with Gasteiger partial charge in [-0.25, -0.2) is 0 Å². The highest BCUT2D eigenvalue weighted by Crippen LogP contribution is 2.29. The van der Waals surface area contributed by atoms with E-state index in [1.165, 1.54) is 5.75 Å². The van der Waals surface area contributed by atoms with Gasteiger partial charge in [0.15, 0.2) is 5.96 Å². The summed E-state index contributed by atoms with van der Waals surface area (Å²) in [6, 6.07) is 0. The zero-order chi connectivity index (χ0) is 18.5. The highest BCUT2D eigenvalue weighted by atomic mass is 127. The first-order chi connectivity index (χ1) is 11.8. The molecule has 0 spiro atoms. The summed E-state index contributed by atoms with van der Waals surface area (Å²) in [4.78, 5) is 10.1. The molecule has 1 N–H and O–H groups in total. The van der Waals surface area contributed by atoms with Gasteiger partial charge in [0.2, 0.25) is 0 Å². The second-order valence-electron chi connectivity index (χ2n) is 8.43. The molecule has 0 saturated carbocycles. The minimum absolute atomic E-state index is 0. The summed E-state index contributed by atoms with van der Waals surface area (Å²) in [5.41, 5.74) is 0.0828. The molecule has 0 atom stereocenters. The largest absolute Gasteiger partial charge is 0.381 e. The second-order valence-corrected chi connectivity index (χ2v) is 10.2. The monoisotopic (exact) mass is 498 g/mol. The van der Waals surface area contributed by atoms with E-state index in [4.69, 9.17) is 9.73 Å². The molecule has 0 amide bonds. The zero-order valence-electron chi connectivity index (χ0n) is 17.5. The lowest BCUT2D eigenvalue weighted by Crippen LogP contribution is -2.53. The van der Waals surface area contributed by atoms with Gasteiger partial charge in [-0.05, 0) is 47.5 Å². The van der Waals surface area contributed by atoms with Gasteiger partial charge in [0.25, 0.3) is 0 Å². The van der Waals surface area contributed by atoms with E-state index in [2.05, 4.69) is 61.5 Å². The average molecular weight is 499 g/mol. The van der Waals surface area contributed by atoms with Crippen LogP contribution in [0, 0.1) is 0 Å². The smallest absolute Gasteiger partial charge is 0.194 e. The lowest BCUT2D eigenvalue weighted by atomic mass is 9.97. The zero-order valence-corrected chi connectivity index (χ0v) is 20.7. The van der Waals surface area contributed by atoms with Crippen LogP contribution in [0.2, 0.25) is 0 Å². The molecule has 2 aliphatic rings. The molecule has 2 fully saturated rings. The predicted octanol–water partition coefficient (Wildman–Crippen LogP) is 3.29. The van der Waals surface area contributed by atoms with Crippen molar-refractivity contribution in [2.24, 2.45) is 4.99 Å². The van der Waals surface area contributed by atoms with E-state index in [0.29, 0.717) is 10.9 Å². The molecule has 0 aliphatic carbocycles. The molecule has 5 nitrogen and oxygen atoms in total. The molecule has 26 heavy (non-hydrogen) atoms. The van der Waals surface area contributed by atoms with Gasteiger partial charge in [0, 0.05) is 55.9 Å². The Kier molecular flexibility index (Phi) is 10.0. The fourth-order valence-electron chi connectivity index (χ4n) is 3.69. The van der Waals surface area contributed by atoms with Crippen molar-refractivity contribution in [2.75, 3.05) is 52.1 Å². The standard InChI is InChI=1S/C19H38N4OS.HI/c1-7-20-17(22-12-13-25-19(4,5)15-22)21-14-18(2,3)23-10-8-16(24-6)9-11-23;/h16H,7-15H2,1-6H3,(H,20,21);1H. The first-order valence-corrected chi connectivity index (χ1v) is 10.7. The van der Waals surface area contributed by atoms with Crippen molar-refractivity contribution in [3.8, 4) is 0 Å². The van der Waals surface area contributed by atoms with Crippen molar-refractivity contribution in [3.05, 3.63) is 0 Å². The Bertz CT molecular complexity index is 451. The van der Waals surface area contributed by atoms with Gasteiger partial charge in [0.1, 0.15) is 0 Å². The van der Waals surface area contributed by atoms with Crippen LogP contribution in [-0.4, -0.2) is 84.3 Å². The first-order valence-electron chi connectivity index (χ1n) is 9.72. The van der Waals surface area contributed by atoms with E-state index < -0.39 is 0 Å². The fraction of sp³-hybridized carbons (Fsp3) is 0.947. The Labute approximate surface area is 182 Å². The van der Waals surface area contributed by atoms with Crippen LogP contribution in [0.4, 0.5) is 0 Å². The predicted molar refractivity (Wildman–Crippen MR) is 125 cm³/mol. The Hall–Kier alpha value is 0.270. The molecule has 0 unspecified atom stereocenters. The molecule has 0 aromatic carbocycles. The van der Waals surface area contributed by atoms with Crippen molar-refractivity contribution in [1.29, 1.82) is 0 Å². The number of hydrogen-bond donors (Lipinski definition) is 1. The van der Waals surface area contributed by atoms with Crippen LogP contribution < -0.4 is 5.32 Å². The molecule has 0 aromatic rings. The first kappa shape index (κ1) is 24.3. The van der Waals surface area contributed by atoms with E-state index in [1.807, 2.05) is 7.11 Å². The molecule has 0 radical (unpaired) electrons. The summed E-state index contributed by atoms with van der Waals surface area (Å²) in [7, 11) is 1.83. The normalized spacial score (nSPS) is 22.8. The summed E-state index contributed by atoms with van der Waals surface area (Å²) in [6.45, 7) is 17.6. The van der Waals surface area contributed by atoms with Crippen LogP contribution in [0.25, 0.3) is 0 Å². The molecule has 2 saturated heterocycles. The Morgan fingerprint density at radius 2 is 1.92 bits per heavy atom. The number of piperidine rings is 1. The molecular weight excluding hydrogens is 459 g/mol. The topological polar surface area (TPSA) is 40.1 Å². The van der Waals surface area contributed by atoms with Crippen LogP contribution in [-0.2, 0) is 4.74 Å². The third-order valence-electron chi connectivity index (χ3n) is 5.31. The summed E-state index contributed by atoms with van der Waals surface area (Å²) >= 11 is 2.06. The van der Waals surface area contributed by atoms with Gasteiger partial charge in [-0.3, -0.25) is 9.89 Å². The number of rotatable bonds is 5. The van der Waals surface area contributed by atoms with Gasteiger partial charge in [-0.1, -0.05) is 0 Å². The van der Waals surface area contributed by atoms with Gasteiger partial charge >= 0.3 is 0 Å². The molecule has 154 valence electrons. The van der Waals surface area contributed by atoms with Crippen LogP contribution >= 0.6 is 35.7 Å². The van der Waals surface area contributed by atoms with E-state index in [1.54, 1.807) is 0 Å². The van der Waals surface area contributed by atoms with Crippen molar-refractivity contribution >= 4 is 41.7 Å². The number of aliphatic imine (C=N–C) groups is 1. The number of likely N-dealkylation sites (tertiary alicyclic amines) is 1. The minimum Gasteiger partial charge on any atom is -0.381 e. The van der Waals surface area contributed by atoms with E-state index in [-0.39, 0.29) is 29.5 Å². The third-order valence-corrected chi connectivity index (χ3v) is 6.60. The Balaban J connectivity index is 0.00000338. The van der Waals surface area contributed by atoms with Crippen LogP contribution in [0.5, 0.6) is 0 Å². The fourth-order valence-corrected chi connectivity index (χ4v) is 4.80.